The Morgan fingerprint density at radius 1 is 1.33 bits per heavy atom. The Hall–Kier alpha value is -1.66. The average Bonchev–Trinajstić information content (AvgIpc) is 2.29. The Bertz CT molecular complexity index is 561. The van der Waals surface area contributed by atoms with Gasteiger partial charge in [0.15, 0.2) is 0 Å². The number of carbonyl (C=O) groups excluding carboxylic acids is 1. The standard InChI is InChI=1S/C12H16N2O3S/c1-4-14(12(15)9(2)3)10-5-7-11(8-6-10)18(13,16)17/h5-8H,2,4H2,1,3H3,(H2,13,16,17). The van der Waals surface area contributed by atoms with Gasteiger partial charge < -0.3 is 4.90 Å². The molecule has 1 amide bonds. The van der Waals surface area contributed by atoms with Crippen molar-refractivity contribution in [3.63, 3.8) is 0 Å². The first kappa shape index (κ1) is 14.4. The predicted molar refractivity (Wildman–Crippen MR) is 70.7 cm³/mol. The fourth-order valence-corrected chi connectivity index (χ4v) is 2.01. The van der Waals surface area contributed by atoms with E-state index in [1.54, 1.807) is 19.1 Å². The lowest BCUT2D eigenvalue weighted by atomic mass is 10.2. The highest BCUT2D eigenvalue weighted by Crippen LogP contribution is 2.18. The Morgan fingerprint density at radius 2 is 1.83 bits per heavy atom. The normalized spacial score (nSPS) is 11.1. The molecule has 0 heterocycles. The zero-order valence-corrected chi connectivity index (χ0v) is 11.2. The lowest BCUT2D eigenvalue weighted by Gasteiger charge is -2.21. The molecule has 0 aliphatic carbocycles. The Labute approximate surface area is 107 Å². The molecule has 0 aliphatic heterocycles. The van der Waals surface area contributed by atoms with Crippen LogP contribution < -0.4 is 10.0 Å². The molecular weight excluding hydrogens is 252 g/mol. The molecule has 1 aromatic carbocycles. The summed E-state index contributed by atoms with van der Waals surface area (Å²) in [6.45, 7) is 7.53. The molecule has 0 saturated carbocycles. The van der Waals surface area contributed by atoms with Crippen molar-refractivity contribution in [1.82, 2.24) is 0 Å². The van der Waals surface area contributed by atoms with E-state index in [0.29, 0.717) is 17.8 Å². The summed E-state index contributed by atoms with van der Waals surface area (Å²) in [6, 6.07) is 5.84. The highest BCUT2D eigenvalue weighted by molar-refractivity contribution is 7.89. The van der Waals surface area contributed by atoms with E-state index in [9.17, 15) is 13.2 Å². The maximum absolute atomic E-state index is 11.8. The number of rotatable bonds is 4. The number of sulfonamides is 1. The summed E-state index contributed by atoms with van der Waals surface area (Å²) in [7, 11) is -3.71. The van der Waals surface area contributed by atoms with Crippen molar-refractivity contribution < 1.29 is 13.2 Å². The van der Waals surface area contributed by atoms with Crippen molar-refractivity contribution in [2.45, 2.75) is 18.7 Å². The van der Waals surface area contributed by atoms with Gasteiger partial charge in [0.25, 0.3) is 5.91 Å². The van der Waals surface area contributed by atoms with E-state index in [2.05, 4.69) is 6.58 Å². The van der Waals surface area contributed by atoms with E-state index >= 15 is 0 Å². The number of amides is 1. The SMILES string of the molecule is C=C(C)C(=O)N(CC)c1ccc(S(N)(=O)=O)cc1. The molecule has 1 aromatic rings. The third-order valence-corrected chi connectivity index (χ3v) is 3.33. The van der Waals surface area contributed by atoms with Crippen molar-refractivity contribution in [1.29, 1.82) is 0 Å². The van der Waals surface area contributed by atoms with Crippen molar-refractivity contribution in [3.8, 4) is 0 Å². The molecule has 1 rings (SSSR count). The van der Waals surface area contributed by atoms with Crippen LogP contribution >= 0.6 is 0 Å². The van der Waals surface area contributed by atoms with Gasteiger partial charge in [-0.2, -0.15) is 0 Å². The minimum Gasteiger partial charge on any atom is -0.309 e. The van der Waals surface area contributed by atoms with Crippen LogP contribution in [0, 0.1) is 0 Å². The summed E-state index contributed by atoms with van der Waals surface area (Å²) in [5, 5.41) is 5.00. The maximum atomic E-state index is 11.8. The molecule has 0 fully saturated rings. The molecule has 0 radical (unpaired) electrons. The second-order valence-corrected chi connectivity index (χ2v) is 5.43. The third kappa shape index (κ3) is 3.18. The van der Waals surface area contributed by atoms with Gasteiger partial charge in [0.2, 0.25) is 10.0 Å². The molecule has 18 heavy (non-hydrogen) atoms. The lowest BCUT2D eigenvalue weighted by Crippen LogP contribution is -2.30. The van der Waals surface area contributed by atoms with Crippen molar-refractivity contribution in [2.75, 3.05) is 11.4 Å². The van der Waals surface area contributed by atoms with E-state index < -0.39 is 10.0 Å². The smallest absolute Gasteiger partial charge is 0.253 e. The van der Waals surface area contributed by atoms with Crippen molar-refractivity contribution in [2.24, 2.45) is 5.14 Å². The van der Waals surface area contributed by atoms with Gasteiger partial charge in [0.05, 0.1) is 4.90 Å². The van der Waals surface area contributed by atoms with Gasteiger partial charge in [0.1, 0.15) is 0 Å². The summed E-state index contributed by atoms with van der Waals surface area (Å²) in [6.07, 6.45) is 0. The van der Waals surface area contributed by atoms with Gasteiger partial charge in [-0.1, -0.05) is 6.58 Å². The summed E-state index contributed by atoms with van der Waals surface area (Å²) in [5.41, 5.74) is 1.03. The van der Waals surface area contributed by atoms with Gasteiger partial charge in [-0.05, 0) is 38.1 Å². The Kier molecular flexibility index (Phi) is 4.26. The van der Waals surface area contributed by atoms with E-state index in [0.717, 1.165) is 0 Å². The van der Waals surface area contributed by atoms with Gasteiger partial charge in [-0.25, -0.2) is 13.6 Å². The summed E-state index contributed by atoms with van der Waals surface area (Å²) >= 11 is 0. The molecule has 0 spiro atoms. The Balaban J connectivity index is 3.11. The maximum Gasteiger partial charge on any atom is 0.253 e. The molecular formula is C12H16N2O3S. The minimum absolute atomic E-state index is 0.0186. The number of carbonyl (C=O) groups is 1. The van der Waals surface area contributed by atoms with Crippen LogP contribution in [-0.4, -0.2) is 20.9 Å². The minimum atomic E-state index is -3.71. The average molecular weight is 268 g/mol. The molecule has 0 bridgehead atoms. The number of anilines is 1. The fourth-order valence-electron chi connectivity index (χ4n) is 1.49. The number of likely N-dealkylation sites (N-methyl/N-ethyl adjacent to an activating group) is 1. The van der Waals surface area contributed by atoms with Crippen LogP contribution in [-0.2, 0) is 14.8 Å². The first-order chi connectivity index (χ1) is 8.27. The van der Waals surface area contributed by atoms with Crippen molar-refractivity contribution in [3.05, 3.63) is 36.4 Å². The third-order valence-electron chi connectivity index (χ3n) is 2.40. The van der Waals surface area contributed by atoms with E-state index in [4.69, 9.17) is 5.14 Å². The van der Waals surface area contributed by atoms with Crippen LogP contribution in [0.3, 0.4) is 0 Å². The molecule has 0 atom stereocenters. The largest absolute Gasteiger partial charge is 0.309 e. The number of hydrogen-bond donors (Lipinski definition) is 1. The lowest BCUT2D eigenvalue weighted by molar-refractivity contribution is -0.115. The van der Waals surface area contributed by atoms with Crippen LogP contribution in [0.25, 0.3) is 0 Å². The van der Waals surface area contributed by atoms with E-state index in [1.165, 1.54) is 17.0 Å². The monoisotopic (exact) mass is 268 g/mol. The number of nitrogens with two attached hydrogens (primary N) is 1. The predicted octanol–water partition coefficient (Wildman–Crippen LogP) is 1.26. The summed E-state index contributed by atoms with van der Waals surface area (Å²) in [4.78, 5) is 13.4. The number of hydrogen-bond acceptors (Lipinski definition) is 3. The van der Waals surface area contributed by atoms with Gasteiger partial charge in [-0.15, -0.1) is 0 Å². The first-order valence-corrected chi connectivity index (χ1v) is 6.92. The molecule has 0 aliphatic rings. The molecule has 0 saturated heterocycles. The molecule has 98 valence electrons. The molecule has 2 N–H and O–H groups in total. The first-order valence-electron chi connectivity index (χ1n) is 5.37. The highest BCUT2D eigenvalue weighted by Gasteiger charge is 2.15. The van der Waals surface area contributed by atoms with Gasteiger partial charge in [-0.3, -0.25) is 4.79 Å². The van der Waals surface area contributed by atoms with Crippen LogP contribution in [0.15, 0.2) is 41.3 Å². The topological polar surface area (TPSA) is 80.5 Å². The molecule has 0 aromatic heterocycles. The second kappa shape index (κ2) is 5.32. The van der Waals surface area contributed by atoms with Crippen molar-refractivity contribution >= 4 is 21.6 Å². The Morgan fingerprint density at radius 3 is 2.17 bits per heavy atom. The van der Waals surface area contributed by atoms with Crippen LogP contribution in [0.1, 0.15) is 13.8 Å². The summed E-state index contributed by atoms with van der Waals surface area (Å²) in [5.74, 6) is -0.194. The quantitative estimate of drug-likeness (QED) is 0.835. The van der Waals surface area contributed by atoms with Crippen LogP contribution in [0.2, 0.25) is 0 Å². The highest BCUT2D eigenvalue weighted by atomic mass is 32.2. The van der Waals surface area contributed by atoms with Crippen LogP contribution in [0.4, 0.5) is 5.69 Å². The molecule has 0 unspecified atom stereocenters. The second-order valence-electron chi connectivity index (χ2n) is 3.87. The zero-order valence-electron chi connectivity index (χ0n) is 10.4. The number of nitrogens with zero attached hydrogens (tertiary/aromatic N) is 1. The van der Waals surface area contributed by atoms with E-state index in [-0.39, 0.29) is 10.8 Å². The number of primary sulfonamides is 1. The van der Waals surface area contributed by atoms with Gasteiger partial charge >= 0.3 is 0 Å². The zero-order chi connectivity index (χ0) is 13.9. The van der Waals surface area contributed by atoms with Crippen LogP contribution in [0.5, 0.6) is 0 Å². The molecule has 6 heteroatoms. The van der Waals surface area contributed by atoms with Gasteiger partial charge in [0, 0.05) is 17.8 Å². The number of benzene rings is 1. The summed E-state index contributed by atoms with van der Waals surface area (Å²) < 4.78 is 22.2. The fraction of sp³-hybridized carbons (Fsp3) is 0.250. The van der Waals surface area contributed by atoms with E-state index in [1.807, 2.05) is 6.92 Å². The molecule has 5 nitrogen and oxygen atoms in total.